The van der Waals surface area contributed by atoms with E-state index in [2.05, 4.69) is 11.9 Å². The van der Waals surface area contributed by atoms with Gasteiger partial charge in [0.15, 0.2) is 11.5 Å². The molecule has 5 heteroatoms. The molecule has 2 heterocycles. The van der Waals surface area contributed by atoms with E-state index in [1.165, 1.54) is 0 Å². The first-order valence-electron chi connectivity index (χ1n) is 6.61. The van der Waals surface area contributed by atoms with E-state index in [0.29, 0.717) is 23.8 Å². The zero-order chi connectivity index (χ0) is 13.4. The van der Waals surface area contributed by atoms with Crippen molar-refractivity contribution in [3.8, 4) is 11.5 Å². The highest BCUT2D eigenvalue weighted by molar-refractivity contribution is 5.52. The fourth-order valence-corrected chi connectivity index (χ4v) is 3.06. The van der Waals surface area contributed by atoms with Crippen LogP contribution < -0.4 is 15.2 Å². The molecular weight excluding hydrogens is 247 g/mol. The van der Waals surface area contributed by atoms with Crippen LogP contribution in [0.4, 0.5) is 4.39 Å². The highest BCUT2D eigenvalue weighted by atomic mass is 19.1. The van der Waals surface area contributed by atoms with Crippen LogP contribution in [0.2, 0.25) is 0 Å². The fourth-order valence-electron chi connectivity index (χ4n) is 3.06. The summed E-state index contributed by atoms with van der Waals surface area (Å²) in [7, 11) is 2.07. The third-order valence-corrected chi connectivity index (χ3v) is 4.04. The first-order valence-corrected chi connectivity index (χ1v) is 6.61. The largest absolute Gasteiger partial charge is 0.454 e. The predicted octanol–water partition coefficient (Wildman–Crippen LogP) is 1.84. The first-order chi connectivity index (χ1) is 9.22. The smallest absolute Gasteiger partial charge is 0.231 e. The van der Waals surface area contributed by atoms with E-state index in [1.807, 2.05) is 6.07 Å². The predicted molar refractivity (Wildman–Crippen MR) is 69.9 cm³/mol. The number of nitrogens with two attached hydrogens (primary N) is 1. The van der Waals surface area contributed by atoms with Gasteiger partial charge < -0.3 is 15.2 Å². The van der Waals surface area contributed by atoms with Crippen molar-refractivity contribution < 1.29 is 13.9 Å². The van der Waals surface area contributed by atoms with Gasteiger partial charge in [-0.3, -0.25) is 4.90 Å². The molecule has 2 atom stereocenters. The second-order valence-electron chi connectivity index (χ2n) is 5.35. The Labute approximate surface area is 112 Å². The van der Waals surface area contributed by atoms with Crippen molar-refractivity contribution in [1.82, 2.24) is 4.90 Å². The van der Waals surface area contributed by atoms with Crippen molar-refractivity contribution >= 4 is 0 Å². The number of likely N-dealkylation sites (tertiary alicyclic amines) is 1. The van der Waals surface area contributed by atoms with E-state index in [4.69, 9.17) is 15.2 Å². The van der Waals surface area contributed by atoms with Gasteiger partial charge >= 0.3 is 0 Å². The molecule has 2 N–H and O–H groups in total. The van der Waals surface area contributed by atoms with Crippen LogP contribution in [-0.2, 0) is 6.67 Å². The molecular formula is C14H19FN2O2. The molecule has 2 unspecified atom stereocenters. The molecule has 1 saturated heterocycles. The van der Waals surface area contributed by atoms with Gasteiger partial charge in [0, 0.05) is 18.2 Å². The van der Waals surface area contributed by atoms with Gasteiger partial charge in [-0.25, -0.2) is 4.39 Å². The topological polar surface area (TPSA) is 47.7 Å². The Bertz CT molecular complexity index is 481. The summed E-state index contributed by atoms with van der Waals surface area (Å²) in [5.41, 5.74) is 7.43. The van der Waals surface area contributed by atoms with Crippen molar-refractivity contribution in [2.75, 3.05) is 26.9 Å². The van der Waals surface area contributed by atoms with E-state index in [0.717, 1.165) is 24.3 Å². The number of halogens is 1. The van der Waals surface area contributed by atoms with Crippen LogP contribution in [-0.4, -0.2) is 31.8 Å². The molecule has 4 nitrogen and oxygen atoms in total. The van der Waals surface area contributed by atoms with Gasteiger partial charge in [0.05, 0.1) is 0 Å². The molecule has 2 aliphatic rings. The summed E-state index contributed by atoms with van der Waals surface area (Å²) < 4.78 is 23.9. The number of nitrogens with zero attached hydrogens (tertiary/aromatic N) is 1. The minimum absolute atomic E-state index is 0.217. The van der Waals surface area contributed by atoms with Gasteiger partial charge in [-0.15, -0.1) is 0 Å². The normalized spacial score (nSPS) is 26.1. The maximum absolute atomic E-state index is 13.0. The van der Waals surface area contributed by atoms with Crippen molar-refractivity contribution in [2.24, 2.45) is 11.7 Å². The zero-order valence-corrected chi connectivity index (χ0v) is 11.1. The molecule has 0 amide bonds. The van der Waals surface area contributed by atoms with E-state index in [1.54, 1.807) is 6.07 Å². The van der Waals surface area contributed by atoms with Gasteiger partial charge in [-0.1, -0.05) is 0 Å². The van der Waals surface area contributed by atoms with Gasteiger partial charge in [-0.2, -0.15) is 0 Å². The van der Waals surface area contributed by atoms with Gasteiger partial charge in [0.25, 0.3) is 0 Å². The Hall–Kier alpha value is -1.33. The molecule has 104 valence electrons. The lowest BCUT2D eigenvalue weighted by molar-refractivity contribution is 0.171. The summed E-state index contributed by atoms with van der Waals surface area (Å²) in [4.78, 5) is 2.26. The Morgan fingerprint density at radius 3 is 2.95 bits per heavy atom. The maximum Gasteiger partial charge on any atom is 0.231 e. The van der Waals surface area contributed by atoms with E-state index >= 15 is 0 Å². The molecule has 0 aromatic heterocycles. The lowest BCUT2D eigenvalue weighted by Gasteiger charge is -2.21. The van der Waals surface area contributed by atoms with E-state index in [-0.39, 0.29) is 12.8 Å². The summed E-state index contributed by atoms with van der Waals surface area (Å²) in [6.07, 6.45) is 0.985. The number of hydrogen-bond acceptors (Lipinski definition) is 4. The number of ether oxygens (including phenoxy) is 2. The average Bonchev–Trinajstić information content (AvgIpc) is 3.03. The number of hydrogen-bond donors (Lipinski definition) is 1. The maximum atomic E-state index is 13.0. The molecule has 1 aromatic rings. The minimum atomic E-state index is -0.486. The van der Waals surface area contributed by atoms with Crippen LogP contribution in [0.25, 0.3) is 0 Å². The molecule has 1 fully saturated rings. The Morgan fingerprint density at radius 1 is 1.42 bits per heavy atom. The van der Waals surface area contributed by atoms with Crippen LogP contribution in [0.1, 0.15) is 23.6 Å². The van der Waals surface area contributed by atoms with Crippen molar-refractivity contribution in [1.29, 1.82) is 0 Å². The van der Waals surface area contributed by atoms with Crippen molar-refractivity contribution in [3.05, 3.63) is 23.3 Å². The molecule has 0 radical (unpaired) electrons. The van der Waals surface area contributed by atoms with E-state index in [9.17, 15) is 4.39 Å². The number of alkyl halides is 1. The van der Waals surface area contributed by atoms with Crippen LogP contribution in [0.3, 0.4) is 0 Å². The third-order valence-electron chi connectivity index (χ3n) is 4.04. The third kappa shape index (κ3) is 2.17. The van der Waals surface area contributed by atoms with Gasteiger partial charge in [0.2, 0.25) is 6.79 Å². The lowest BCUT2D eigenvalue weighted by Crippen LogP contribution is -2.20. The van der Waals surface area contributed by atoms with Gasteiger partial charge in [0.1, 0.15) is 6.67 Å². The van der Waals surface area contributed by atoms with Crippen LogP contribution in [0.5, 0.6) is 11.5 Å². The SMILES string of the molecule is CN1CC(CN)CC1c1cc(CF)cc2c1OCO2. The van der Waals surface area contributed by atoms with Crippen LogP contribution >= 0.6 is 0 Å². The second-order valence-corrected chi connectivity index (χ2v) is 5.35. The first kappa shape index (κ1) is 12.7. The molecule has 1 aromatic carbocycles. The summed E-state index contributed by atoms with van der Waals surface area (Å²) in [6, 6.07) is 3.85. The number of rotatable bonds is 3. The summed E-state index contributed by atoms with van der Waals surface area (Å²) >= 11 is 0. The summed E-state index contributed by atoms with van der Waals surface area (Å²) in [5.74, 6) is 1.92. The van der Waals surface area contributed by atoms with E-state index < -0.39 is 6.67 Å². The van der Waals surface area contributed by atoms with Crippen molar-refractivity contribution in [3.63, 3.8) is 0 Å². The number of fused-ring (bicyclic) bond motifs is 1. The number of benzene rings is 1. The Morgan fingerprint density at radius 2 is 2.26 bits per heavy atom. The lowest BCUT2D eigenvalue weighted by atomic mass is 9.97. The summed E-state index contributed by atoms with van der Waals surface area (Å²) in [5, 5.41) is 0. The standard InChI is InChI=1S/C14H19FN2O2/c1-17-7-10(6-16)3-12(17)11-2-9(5-15)4-13-14(11)19-8-18-13/h2,4,10,12H,3,5-8,16H2,1H3. The molecule has 3 rings (SSSR count). The van der Waals surface area contributed by atoms with Crippen LogP contribution in [0.15, 0.2) is 12.1 Å². The fraction of sp³-hybridized carbons (Fsp3) is 0.571. The molecule has 0 spiro atoms. The van der Waals surface area contributed by atoms with Crippen LogP contribution in [0, 0.1) is 5.92 Å². The quantitative estimate of drug-likeness (QED) is 0.907. The second kappa shape index (κ2) is 4.98. The molecule has 0 bridgehead atoms. The molecule has 0 aliphatic carbocycles. The molecule has 19 heavy (non-hydrogen) atoms. The van der Waals surface area contributed by atoms with Crippen molar-refractivity contribution in [2.45, 2.75) is 19.1 Å². The zero-order valence-electron chi connectivity index (χ0n) is 11.1. The highest BCUT2D eigenvalue weighted by Crippen LogP contribution is 2.45. The van der Waals surface area contributed by atoms with Gasteiger partial charge in [-0.05, 0) is 43.6 Å². The minimum Gasteiger partial charge on any atom is -0.454 e. The molecule has 2 aliphatic heterocycles. The molecule has 0 saturated carbocycles. The average molecular weight is 266 g/mol. The monoisotopic (exact) mass is 266 g/mol. The Kier molecular flexibility index (Phi) is 3.33. The highest BCUT2D eigenvalue weighted by Gasteiger charge is 2.34. The summed E-state index contributed by atoms with van der Waals surface area (Å²) in [6.45, 7) is 1.38. The Balaban J connectivity index is 1.98.